The minimum atomic E-state index is -4.02. The number of nitrogens with one attached hydrogen (secondary N) is 1. The molecule has 3 rings (SSSR count). The highest BCUT2D eigenvalue weighted by atomic mass is 35.5. The summed E-state index contributed by atoms with van der Waals surface area (Å²) in [6, 6.07) is 12.9. The topological polar surface area (TPSA) is 93.5 Å². The van der Waals surface area contributed by atoms with Crippen molar-refractivity contribution in [1.29, 1.82) is 0 Å². The van der Waals surface area contributed by atoms with E-state index in [4.69, 9.17) is 16.4 Å². The van der Waals surface area contributed by atoms with Gasteiger partial charge < -0.3 is 9.88 Å². The molecule has 1 amide bonds. The largest absolute Gasteiger partial charge is 0.338 e. The minimum Gasteiger partial charge on any atom is -0.338 e. The first-order chi connectivity index (χ1) is 14.3. The Hall–Kier alpha value is -2.72. The van der Waals surface area contributed by atoms with Gasteiger partial charge in [0.25, 0.3) is 15.9 Å². The number of aromatic nitrogens is 2. The fourth-order valence-electron chi connectivity index (χ4n) is 2.89. The van der Waals surface area contributed by atoms with Crippen LogP contribution in [0, 0.1) is 0 Å². The van der Waals surface area contributed by atoms with E-state index in [0.29, 0.717) is 10.3 Å². The highest BCUT2D eigenvalue weighted by molar-refractivity contribution is 7.89. The lowest BCUT2D eigenvalue weighted by Crippen LogP contribution is -2.31. The van der Waals surface area contributed by atoms with Crippen molar-refractivity contribution in [2.45, 2.75) is 10.9 Å². The van der Waals surface area contributed by atoms with Crippen molar-refractivity contribution >= 4 is 27.5 Å². The Bertz CT molecular complexity index is 1150. The number of hydroxylamine groups is 1. The fourth-order valence-corrected chi connectivity index (χ4v) is 4.36. The van der Waals surface area contributed by atoms with E-state index in [1.807, 2.05) is 41.9 Å². The van der Waals surface area contributed by atoms with Crippen molar-refractivity contribution in [3.63, 3.8) is 0 Å². The lowest BCUT2D eigenvalue weighted by molar-refractivity contribution is -0.0258. The number of aryl methyl sites for hydroxylation is 1. The maximum Gasteiger partial charge on any atom is 0.266 e. The lowest BCUT2D eigenvalue weighted by atomic mass is 10.1. The number of amides is 1. The molecule has 30 heavy (non-hydrogen) atoms. The van der Waals surface area contributed by atoms with E-state index in [2.05, 4.69) is 10.3 Å². The van der Waals surface area contributed by atoms with Crippen LogP contribution in [0.4, 0.5) is 0 Å². The van der Waals surface area contributed by atoms with Gasteiger partial charge in [0.2, 0.25) is 0 Å². The zero-order chi connectivity index (χ0) is 21.9. The van der Waals surface area contributed by atoms with Gasteiger partial charge in [-0.05, 0) is 23.8 Å². The van der Waals surface area contributed by atoms with Gasteiger partial charge in [0.15, 0.2) is 0 Å². The fraction of sp³-hybridized carbons (Fsp3) is 0.200. The SMILES string of the molecule is CON(C)S(=O)(=O)c1cc(C(=O)NC(c2ccccc2)c2nccn2C)ccc1Cl. The highest BCUT2D eigenvalue weighted by Crippen LogP contribution is 2.26. The van der Waals surface area contributed by atoms with E-state index in [1.165, 1.54) is 32.4 Å². The summed E-state index contributed by atoms with van der Waals surface area (Å²) in [6.07, 6.45) is 3.43. The Morgan fingerprint density at radius 2 is 1.93 bits per heavy atom. The number of hydrogen-bond donors (Lipinski definition) is 1. The molecule has 8 nitrogen and oxygen atoms in total. The van der Waals surface area contributed by atoms with Crippen LogP contribution in [0.15, 0.2) is 65.8 Å². The third-order valence-corrected chi connectivity index (χ3v) is 6.75. The Morgan fingerprint density at radius 1 is 1.23 bits per heavy atom. The van der Waals surface area contributed by atoms with Crippen molar-refractivity contribution in [1.82, 2.24) is 19.3 Å². The molecular weight excluding hydrogens is 428 g/mol. The van der Waals surface area contributed by atoms with Gasteiger partial charge >= 0.3 is 0 Å². The average molecular weight is 449 g/mol. The van der Waals surface area contributed by atoms with Gasteiger partial charge in [0.1, 0.15) is 16.8 Å². The molecule has 0 aliphatic heterocycles. The number of rotatable bonds is 7. The third kappa shape index (κ3) is 4.39. The second kappa shape index (κ2) is 8.97. The van der Waals surface area contributed by atoms with Gasteiger partial charge in [-0.25, -0.2) is 13.4 Å². The van der Waals surface area contributed by atoms with Crippen LogP contribution in [0.25, 0.3) is 0 Å². The number of carbonyl (C=O) groups excluding carboxylic acids is 1. The molecule has 0 bridgehead atoms. The first-order valence-electron chi connectivity index (χ1n) is 8.91. The molecular formula is C20H21ClN4O4S. The second-order valence-corrected chi connectivity index (χ2v) is 8.77. The zero-order valence-electron chi connectivity index (χ0n) is 16.6. The molecule has 10 heteroatoms. The third-order valence-electron chi connectivity index (χ3n) is 4.59. The van der Waals surface area contributed by atoms with Gasteiger partial charge in [0, 0.05) is 32.1 Å². The average Bonchev–Trinajstić information content (AvgIpc) is 3.17. The molecule has 1 unspecified atom stereocenters. The van der Waals surface area contributed by atoms with E-state index >= 15 is 0 Å². The van der Waals surface area contributed by atoms with Crippen molar-refractivity contribution in [2.75, 3.05) is 14.2 Å². The minimum absolute atomic E-state index is 0.0147. The predicted octanol–water partition coefficient (Wildman–Crippen LogP) is 2.77. The van der Waals surface area contributed by atoms with Crippen LogP contribution in [-0.4, -0.2) is 42.5 Å². The van der Waals surface area contributed by atoms with Crippen LogP contribution in [0.2, 0.25) is 5.02 Å². The number of imidazole rings is 1. The smallest absolute Gasteiger partial charge is 0.266 e. The molecule has 2 aromatic carbocycles. The van der Waals surface area contributed by atoms with Crippen molar-refractivity contribution in [2.24, 2.45) is 7.05 Å². The predicted molar refractivity (Wildman–Crippen MR) is 112 cm³/mol. The summed E-state index contributed by atoms with van der Waals surface area (Å²) in [5, 5.41) is 2.91. The lowest BCUT2D eigenvalue weighted by Gasteiger charge is -2.20. The van der Waals surface area contributed by atoms with Crippen molar-refractivity contribution < 1.29 is 18.0 Å². The van der Waals surface area contributed by atoms with Gasteiger partial charge in [0.05, 0.1) is 12.1 Å². The Morgan fingerprint density at radius 3 is 2.53 bits per heavy atom. The molecule has 1 aromatic heterocycles. The molecule has 0 saturated heterocycles. The molecule has 3 aromatic rings. The number of sulfonamides is 1. The molecule has 1 N–H and O–H groups in total. The summed E-state index contributed by atoms with van der Waals surface area (Å²) in [5.41, 5.74) is 0.971. The molecule has 0 spiro atoms. The van der Waals surface area contributed by atoms with E-state index in [0.717, 1.165) is 5.56 Å². The Kier molecular flexibility index (Phi) is 6.57. The highest BCUT2D eigenvalue weighted by Gasteiger charge is 2.26. The van der Waals surface area contributed by atoms with E-state index in [-0.39, 0.29) is 15.5 Å². The number of benzene rings is 2. The number of hydrogen-bond acceptors (Lipinski definition) is 5. The molecule has 1 atom stereocenters. The molecule has 158 valence electrons. The summed E-state index contributed by atoms with van der Waals surface area (Å²) in [7, 11) is 0.270. The first-order valence-corrected chi connectivity index (χ1v) is 10.7. The van der Waals surface area contributed by atoms with Gasteiger partial charge in [-0.15, -0.1) is 0 Å². The Labute approximate surface area is 180 Å². The van der Waals surface area contributed by atoms with Gasteiger partial charge in [-0.1, -0.05) is 46.4 Å². The molecule has 0 aliphatic carbocycles. The number of carbonyl (C=O) groups is 1. The van der Waals surface area contributed by atoms with Gasteiger partial charge in [-0.3, -0.25) is 9.63 Å². The summed E-state index contributed by atoms with van der Waals surface area (Å²) in [4.78, 5) is 21.9. The maximum absolute atomic E-state index is 13.0. The first kappa shape index (κ1) is 22.0. The van der Waals surface area contributed by atoms with E-state index < -0.39 is 22.0 Å². The van der Waals surface area contributed by atoms with Crippen LogP contribution in [0.3, 0.4) is 0 Å². The Balaban J connectivity index is 1.98. The standard InChI is InChI=1S/C20H21ClN4O4S/c1-24-12-11-22-19(24)18(14-7-5-4-6-8-14)23-20(26)15-9-10-16(21)17(13-15)30(27,28)25(2)29-3/h4-13,18H,1-3H3,(H,23,26). The summed E-state index contributed by atoms with van der Waals surface area (Å²) in [5.74, 6) is 0.163. The van der Waals surface area contributed by atoms with Crippen LogP contribution >= 0.6 is 11.6 Å². The monoisotopic (exact) mass is 448 g/mol. The summed E-state index contributed by atoms with van der Waals surface area (Å²) in [6.45, 7) is 0. The van der Waals surface area contributed by atoms with Crippen molar-refractivity contribution in [3.8, 4) is 0 Å². The molecule has 0 radical (unpaired) electrons. The zero-order valence-corrected chi connectivity index (χ0v) is 18.2. The molecule has 0 aliphatic rings. The van der Waals surface area contributed by atoms with Crippen LogP contribution in [-0.2, 0) is 21.9 Å². The van der Waals surface area contributed by atoms with E-state index in [1.54, 1.807) is 12.4 Å². The normalized spacial score (nSPS) is 12.7. The second-order valence-electron chi connectivity index (χ2n) is 6.46. The number of halogens is 1. The van der Waals surface area contributed by atoms with Crippen molar-refractivity contribution in [3.05, 3.63) is 82.9 Å². The van der Waals surface area contributed by atoms with Crippen LogP contribution < -0.4 is 5.32 Å². The maximum atomic E-state index is 13.0. The molecule has 0 fully saturated rings. The molecule has 0 saturated carbocycles. The quantitative estimate of drug-likeness (QED) is 0.561. The summed E-state index contributed by atoms with van der Waals surface area (Å²) >= 11 is 6.08. The van der Waals surface area contributed by atoms with Crippen LogP contribution in [0.5, 0.6) is 0 Å². The summed E-state index contributed by atoms with van der Waals surface area (Å²) < 4.78 is 27.7. The van der Waals surface area contributed by atoms with Gasteiger partial charge in [-0.2, -0.15) is 0 Å². The number of nitrogens with zero attached hydrogens (tertiary/aromatic N) is 3. The molecule has 1 heterocycles. The van der Waals surface area contributed by atoms with E-state index in [9.17, 15) is 13.2 Å². The van der Waals surface area contributed by atoms with Crippen LogP contribution in [0.1, 0.15) is 27.8 Å².